The SMILES string of the molecule is O=C(NCCc1csc([C@H]2CCCN(C(=O)Cc3cccc(Cl)c3)C2)n1)C1CCC1. The van der Waals surface area contributed by atoms with Gasteiger partial charge in [0.1, 0.15) is 0 Å². The molecular weight excluding hydrogens is 418 g/mol. The van der Waals surface area contributed by atoms with Crippen LogP contribution in [0.15, 0.2) is 29.6 Å². The van der Waals surface area contributed by atoms with E-state index in [1.165, 1.54) is 6.42 Å². The minimum atomic E-state index is 0.150. The first-order valence-corrected chi connectivity index (χ1v) is 12.1. The number of hydrogen-bond donors (Lipinski definition) is 1. The van der Waals surface area contributed by atoms with Crippen molar-refractivity contribution in [3.63, 3.8) is 0 Å². The Morgan fingerprint density at radius 3 is 2.87 bits per heavy atom. The predicted molar refractivity (Wildman–Crippen MR) is 120 cm³/mol. The average molecular weight is 446 g/mol. The van der Waals surface area contributed by atoms with Crippen LogP contribution >= 0.6 is 22.9 Å². The third kappa shape index (κ3) is 5.41. The number of aromatic nitrogens is 1. The summed E-state index contributed by atoms with van der Waals surface area (Å²) in [5.74, 6) is 0.870. The highest BCUT2D eigenvalue weighted by Gasteiger charge is 2.27. The van der Waals surface area contributed by atoms with Crippen LogP contribution in [0.4, 0.5) is 0 Å². The molecule has 7 heteroatoms. The monoisotopic (exact) mass is 445 g/mol. The van der Waals surface area contributed by atoms with Crippen LogP contribution in [0.25, 0.3) is 0 Å². The maximum atomic E-state index is 12.8. The second kappa shape index (κ2) is 9.92. The van der Waals surface area contributed by atoms with Gasteiger partial charge in [0.15, 0.2) is 0 Å². The van der Waals surface area contributed by atoms with E-state index in [4.69, 9.17) is 16.6 Å². The Morgan fingerprint density at radius 1 is 1.23 bits per heavy atom. The standard InChI is InChI=1S/C23H28ClN3O2S/c24-19-8-1-4-16(12-19)13-21(28)27-11-3-7-18(14-27)23-26-20(15-30-23)9-10-25-22(29)17-5-2-6-17/h1,4,8,12,15,17-18H,2-3,5-7,9-11,13-14H2,(H,25,29)/t18-/m0/s1. The van der Waals surface area contributed by atoms with E-state index in [0.29, 0.717) is 23.9 Å². The minimum Gasteiger partial charge on any atom is -0.355 e. The molecule has 2 aromatic rings. The number of nitrogens with one attached hydrogen (secondary N) is 1. The van der Waals surface area contributed by atoms with E-state index in [1.54, 1.807) is 11.3 Å². The molecule has 4 rings (SSSR count). The van der Waals surface area contributed by atoms with Gasteiger partial charge in [0.05, 0.1) is 17.1 Å². The van der Waals surface area contributed by atoms with E-state index in [-0.39, 0.29) is 17.7 Å². The number of nitrogens with zero attached hydrogens (tertiary/aromatic N) is 2. The highest BCUT2D eigenvalue weighted by atomic mass is 35.5. The van der Waals surface area contributed by atoms with Crippen molar-refractivity contribution >= 4 is 34.8 Å². The first-order chi connectivity index (χ1) is 14.6. The van der Waals surface area contributed by atoms with Crippen molar-refractivity contribution in [2.24, 2.45) is 5.92 Å². The van der Waals surface area contributed by atoms with Crippen LogP contribution < -0.4 is 5.32 Å². The van der Waals surface area contributed by atoms with Crippen LogP contribution in [-0.2, 0) is 22.4 Å². The molecule has 1 aliphatic heterocycles. The van der Waals surface area contributed by atoms with Gasteiger partial charge >= 0.3 is 0 Å². The van der Waals surface area contributed by atoms with Crippen LogP contribution in [0.1, 0.15) is 54.3 Å². The van der Waals surface area contributed by atoms with E-state index in [9.17, 15) is 9.59 Å². The van der Waals surface area contributed by atoms with Gasteiger partial charge in [0.2, 0.25) is 11.8 Å². The summed E-state index contributed by atoms with van der Waals surface area (Å²) >= 11 is 7.72. The number of piperidine rings is 1. The summed E-state index contributed by atoms with van der Waals surface area (Å²) in [7, 11) is 0. The molecule has 1 aromatic carbocycles. The fraction of sp³-hybridized carbons (Fsp3) is 0.522. The number of benzene rings is 1. The largest absolute Gasteiger partial charge is 0.355 e. The topological polar surface area (TPSA) is 62.3 Å². The maximum Gasteiger partial charge on any atom is 0.227 e. The summed E-state index contributed by atoms with van der Waals surface area (Å²) in [4.78, 5) is 31.5. The Labute approximate surface area is 186 Å². The van der Waals surface area contributed by atoms with Gasteiger partial charge in [-0.3, -0.25) is 9.59 Å². The molecule has 5 nitrogen and oxygen atoms in total. The van der Waals surface area contributed by atoms with Crippen molar-refractivity contribution in [1.82, 2.24) is 15.2 Å². The van der Waals surface area contributed by atoms with E-state index in [0.717, 1.165) is 61.5 Å². The second-order valence-electron chi connectivity index (χ2n) is 8.33. The molecule has 1 N–H and O–H groups in total. The first kappa shape index (κ1) is 21.3. The van der Waals surface area contributed by atoms with Gasteiger partial charge in [-0.05, 0) is 43.4 Å². The van der Waals surface area contributed by atoms with Crippen molar-refractivity contribution in [3.05, 3.63) is 50.9 Å². The number of halogens is 1. The van der Waals surface area contributed by atoms with E-state index in [1.807, 2.05) is 29.2 Å². The Hall–Kier alpha value is -1.92. The molecule has 160 valence electrons. The number of carbonyl (C=O) groups excluding carboxylic acids is 2. The third-order valence-electron chi connectivity index (χ3n) is 6.09. The number of likely N-dealkylation sites (tertiary alicyclic amines) is 1. The Kier molecular flexibility index (Phi) is 7.05. The van der Waals surface area contributed by atoms with E-state index >= 15 is 0 Å². The number of thiazole rings is 1. The lowest BCUT2D eigenvalue weighted by Crippen LogP contribution is -2.40. The molecule has 30 heavy (non-hydrogen) atoms. The fourth-order valence-corrected chi connectivity index (χ4v) is 5.29. The predicted octanol–water partition coefficient (Wildman–Crippen LogP) is 4.20. The van der Waals surface area contributed by atoms with Crippen molar-refractivity contribution in [2.75, 3.05) is 19.6 Å². The molecule has 1 saturated heterocycles. The quantitative estimate of drug-likeness (QED) is 0.694. The van der Waals surface area contributed by atoms with Gasteiger partial charge in [-0.15, -0.1) is 11.3 Å². The van der Waals surface area contributed by atoms with Crippen LogP contribution in [0, 0.1) is 5.92 Å². The van der Waals surface area contributed by atoms with Gasteiger partial charge < -0.3 is 10.2 Å². The summed E-state index contributed by atoms with van der Waals surface area (Å²) < 4.78 is 0. The Morgan fingerprint density at radius 2 is 2.10 bits per heavy atom. The summed E-state index contributed by atoms with van der Waals surface area (Å²) in [6, 6.07) is 7.51. The van der Waals surface area contributed by atoms with E-state index in [2.05, 4.69) is 10.7 Å². The molecule has 1 aromatic heterocycles. The third-order valence-corrected chi connectivity index (χ3v) is 7.38. The lowest BCUT2D eigenvalue weighted by Gasteiger charge is -2.32. The van der Waals surface area contributed by atoms with Crippen molar-refractivity contribution < 1.29 is 9.59 Å². The van der Waals surface area contributed by atoms with Gasteiger partial charge in [-0.25, -0.2) is 4.98 Å². The lowest BCUT2D eigenvalue weighted by molar-refractivity contribution is -0.131. The first-order valence-electron chi connectivity index (χ1n) is 10.8. The van der Waals surface area contributed by atoms with Crippen molar-refractivity contribution in [1.29, 1.82) is 0 Å². The molecule has 1 aliphatic carbocycles. The van der Waals surface area contributed by atoms with Gasteiger partial charge in [-0.2, -0.15) is 0 Å². The normalized spacial score (nSPS) is 19.4. The van der Waals surface area contributed by atoms with Crippen LogP contribution in [0.3, 0.4) is 0 Å². The molecule has 0 radical (unpaired) electrons. The van der Waals surface area contributed by atoms with Gasteiger partial charge in [0, 0.05) is 48.3 Å². The summed E-state index contributed by atoms with van der Waals surface area (Å²) in [6.07, 6.45) is 6.44. The molecule has 0 bridgehead atoms. The molecule has 1 atom stereocenters. The molecule has 2 heterocycles. The van der Waals surface area contributed by atoms with Crippen molar-refractivity contribution in [3.8, 4) is 0 Å². The molecule has 0 unspecified atom stereocenters. The summed E-state index contributed by atoms with van der Waals surface area (Å²) in [6.45, 7) is 2.18. The number of rotatable bonds is 7. The average Bonchev–Trinajstić information content (AvgIpc) is 3.16. The zero-order valence-electron chi connectivity index (χ0n) is 17.1. The van der Waals surface area contributed by atoms with Gasteiger partial charge in [0.25, 0.3) is 0 Å². The Bertz CT molecular complexity index is 896. The van der Waals surface area contributed by atoms with Crippen LogP contribution in [0.2, 0.25) is 5.02 Å². The molecule has 0 spiro atoms. The van der Waals surface area contributed by atoms with Gasteiger partial charge in [-0.1, -0.05) is 30.2 Å². The van der Waals surface area contributed by atoms with E-state index < -0.39 is 0 Å². The summed E-state index contributed by atoms with van der Waals surface area (Å²) in [5.41, 5.74) is 1.99. The highest BCUT2D eigenvalue weighted by molar-refractivity contribution is 7.09. The smallest absolute Gasteiger partial charge is 0.227 e. The fourth-order valence-electron chi connectivity index (χ4n) is 4.09. The van der Waals surface area contributed by atoms with Crippen molar-refractivity contribution in [2.45, 2.75) is 50.9 Å². The Balaban J connectivity index is 1.27. The minimum absolute atomic E-state index is 0.150. The highest BCUT2D eigenvalue weighted by Crippen LogP contribution is 2.30. The molecular formula is C23H28ClN3O2S. The number of amides is 2. The second-order valence-corrected chi connectivity index (χ2v) is 9.66. The van der Waals surface area contributed by atoms with Crippen LogP contribution in [0.5, 0.6) is 0 Å². The zero-order valence-corrected chi connectivity index (χ0v) is 18.7. The maximum absolute atomic E-state index is 12.8. The zero-order chi connectivity index (χ0) is 20.9. The summed E-state index contributed by atoms with van der Waals surface area (Å²) in [5, 5.41) is 6.90. The molecule has 2 amide bonds. The number of hydrogen-bond acceptors (Lipinski definition) is 4. The molecule has 2 fully saturated rings. The lowest BCUT2D eigenvalue weighted by atomic mass is 9.85. The molecule has 2 aliphatic rings. The van der Waals surface area contributed by atoms with Crippen LogP contribution in [-0.4, -0.2) is 41.3 Å². The number of carbonyl (C=O) groups is 2. The molecule has 1 saturated carbocycles.